The van der Waals surface area contributed by atoms with Crippen LogP contribution in [0.2, 0.25) is 0 Å². The standard InChI is InChI=1S/C20H25N7O2/c1-12-16(13(2)29-25-12)8-19(28)21-9-14-10-26(11-14)18-7-6-17-22-23-20(27(17)24-18)15-4-3-5-15/h6-7,14-15H,3-5,8-11H2,1-2H3,(H,21,28). The predicted octanol–water partition coefficient (Wildman–Crippen LogP) is 1.79. The second-order valence-electron chi connectivity index (χ2n) is 8.20. The number of aromatic nitrogens is 5. The van der Waals surface area contributed by atoms with Gasteiger partial charge in [0.1, 0.15) is 11.6 Å². The molecule has 0 aromatic carbocycles. The lowest BCUT2D eigenvalue weighted by Crippen LogP contribution is -2.52. The van der Waals surface area contributed by atoms with Crippen molar-refractivity contribution in [2.45, 2.75) is 45.4 Å². The lowest BCUT2D eigenvalue weighted by atomic mass is 9.85. The monoisotopic (exact) mass is 395 g/mol. The number of nitrogens with one attached hydrogen (secondary N) is 1. The zero-order chi connectivity index (χ0) is 20.0. The number of rotatable bonds is 6. The summed E-state index contributed by atoms with van der Waals surface area (Å²) in [6.45, 7) is 6.12. The van der Waals surface area contributed by atoms with Crippen molar-refractivity contribution in [1.82, 2.24) is 30.3 Å². The Morgan fingerprint density at radius 3 is 2.76 bits per heavy atom. The summed E-state index contributed by atoms with van der Waals surface area (Å²) in [5, 5.41) is 20.3. The Balaban J connectivity index is 1.15. The Labute approximate surface area is 168 Å². The van der Waals surface area contributed by atoms with Gasteiger partial charge in [-0.25, -0.2) is 0 Å². The highest BCUT2D eigenvalue weighted by molar-refractivity contribution is 5.79. The first-order valence-corrected chi connectivity index (χ1v) is 10.2. The van der Waals surface area contributed by atoms with Gasteiger partial charge in [0.25, 0.3) is 0 Å². The van der Waals surface area contributed by atoms with Crippen LogP contribution in [0.5, 0.6) is 0 Å². The largest absolute Gasteiger partial charge is 0.361 e. The molecule has 0 spiro atoms. The van der Waals surface area contributed by atoms with Crippen LogP contribution in [0.1, 0.15) is 48.0 Å². The number of carbonyl (C=O) groups is 1. The van der Waals surface area contributed by atoms with Crippen molar-refractivity contribution in [3.63, 3.8) is 0 Å². The van der Waals surface area contributed by atoms with Crippen LogP contribution in [-0.4, -0.2) is 50.5 Å². The van der Waals surface area contributed by atoms with Crippen LogP contribution in [0.25, 0.3) is 5.65 Å². The van der Waals surface area contributed by atoms with E-state index in [2.05, 4.69) is 25.6 Å². The van der Waals surface area contributed by atoms with Gasteiger partial charge in [0.2, 0.25) is 5.91 Å². The molecule has 5 rings (SSSR count). The summed E-state index contributed by atoms with van der Waals surface area (Å²) in [5.41, 5.74) is 2.47. The van der Waals surface area contributed by atoms with Gasteiger partial charge < -0.3 is 14.7 Å². The maximum absolute atomic E-state index is 12.2. The minimum atomic E-state index is 0.00650. The molecule has 29 heavy (non-hydrogen) atoms. The molecule has 1 saturated carbocycles. The minimum Gasteiger partial charge on any atom is -0.361 e. The van der Waals surface area contributed by atoms with Crippen LogP contribution >= 0.6 is 0 Å². The van der Waals surface area contributed by atoms with E-state index in [1.54, 1.807) is 0 Å². The molecule has 0 unspecified atom stereocenters. The molecule has 1 aliphatic heterocycles. The quantitative estimate of drug-likeness (QED) is 0.679. The number of carbonyl (C=O) groups excluding carboxylic acids is 1. The maximum atomic E-state index is 12.2. The number of aryl methyl sites for hydroxylation is 2. The first-order chi connectivity index (χ1) is 14.1. The van der Waals surface area contributed by atoms with Crippen molar-refractivity contribution in [2.75, 3.05) is 24.5 Å². The van der Waals surface area contributed by atoms with Crippen molar-refractivity contribution >= 4 is 17.4 Å². The summed E-state index contributed by atoms with van der Waals surface area (Å²) < 4.78 is 7.02. The first-order valence-electron chi connectivity index (χ1n) is 10.2. The van der Waals surface area contributed by atoms with E-state index < -0.39 is 0 Å². The average molecular weight is 395 g/mol. The number of anilines is 1. The number of hydrogen-bond donors (Lipinski definition) is 1. The normalized spacial score (nSPS) is 17.4. The summed E-state index contributed by atoms with van der Waals surface area (Å²) in [6, 6.07) is 3.98. The molecule has 1 aliphatic carbocycles. The van der Waals surface area contributed by atoms with Crippen molar-refractivity contribution < 1.29 is 9.32 Å². The van der Waals surface area contributed by atoms with E-state index in [0.29, 0.717) is 30.6 Å². The fraction of sp³-hybridized carbons (Fsp3) is 0.550. The smallest absolute Gasteiger partial charge is 0.224 e. The Hall–Kier alpha value is -2.97. The zero-order valence-corrected chi connectivity index (χ0v) is 16.8. The Morgan fingerprint density at radius 1 is 1.24 bits per heavy atom. The summed E-state index contributed by atoms with van der Waals surface area (Å²) >= 11 is 0. The molecule has 9 nitrogen and oxygen atoms in total. The van der Waals surface area contributed by atoms with Crippen LogP contribution in [0, 0.1) is 19.8 Å². The van der Waals surface area contributed by atoms with Gasteiger partial charge in [-0.15, -0.1) is 15.3 Å². The Kier molecular flexibility index (Phi) is 4.44. The molecule has 4 heterocycles. The molecule has 3 aromatic rings. The number of hydrogen-bond acceptors (Lipinski definition) is 7. The highest BCUT2D eigenvalue weighted by Crippen LogP contribution is 2.35. The van der Waals surface area contributed by atoms with Gasteiger partial charge >= 0.3 is 0 Å². The Morgan fingerprint density at radius 2 is 2.07 bits per heavy atom. The second-order valence-corrected chi connectivity index (χ2v) is 8.20. The third kappa shape index (κ3) is 3.34. The molecule has 1 N–H and O–H groups in total. The van der Waals surface area contributed by atoms with Gasteiger partial charge in [0, 0.05) is 37.0 Å². The topological polar surface area (TPSA) is 101 Å². The van der Waals surface area contributed by atoms with Crippen molar-refractivity contribution in [3.05, 3.63) is 35.0 Å². The molecule has 9 heteroatoms. The SMILES string of the molecule is Cc1noc(C)c1CC(=O)NCC1CN(c2ccc3nnc(C4CCC4)n3n2)C1. The fourth-order valence-corrected chi connectivity index (χ4v) is 4.01. The van der Waals surface area contributed by atoms with Crippen LogP contribution in [0.3, 0.4) is 0 Å². The van der Waals surface area contributed by atoms with E-state index in [-0.39, 0.29) is 5.91 Å². The van der Waals surface area contributed by atoms with Crippen LogP contribution < -0.4 is 10.2 Å². The van der Waals surface area contributed by atoms with E-state index in [1.165, 1.54) is 19.3 Å². The third-order valence-electron chi connectivity index (χ3n) is 6.13. The van der Waals surface area contributed by atoms with Gasteiger partial charge in [-0.2, -0.15) is 4.52 Å². The van der Waals surface area contributed by atoms with Gasteiger partial charge in [0.05, 0.1) is 12.1 Å². The molecule has 3 aromatic heterocycles. The summed E-state index contributed by atoms with van der Waals surface area (Å²) in [7, 11) is 0. The minimum absolute atomic E-state index is 0.00650. The molecule has 0 atom stereocenters. The highest BCUT2D eigenvalue weighted by atomic mass is 16.5. The van der Waals surface area contributed by atoms with E-state index in [9.17, 15) is 4.79 Å². The molecule has 2 aliphatic rings. The molecule has 1 amide bonds. The van der Waals surface area contributed by atoms with E-state index in [0.717, 1.165) is 41.6 Å². The molecule has 0 bridgehead atoms. The van der Waals surface area contributed by atoms with E-state index in [1.807, 2.05) is 30.5 Å². The van der Waals surface area contributed by atoms with Gasteiger partial charge in [-0.1, -0.05) is 11.6 Å². The highest BCUT2D eigenvalue weighted by Gasteiger charge is 2.30. The van der Waals surface area contributed by atoms with Crippen LogP contribution in [0.4, 0.5) is 5.82 Å². The number of nitrogens with zero attached hydrogens (tertiary/aromatic N) is 6. The summed E-state index contributed by atoms with van der Waals surface area (Å²) in [5.74, 6) is 3.56. The summed E-state index contributed by atoms with van der Waals surface area (Å²) in [6.07, 6.45) is 3.92. The van der Waals surface area contributed by atoms with Crippen molar-refractivity contribution in [1.29, 1.82) is 0 Å². The van der Waals surface area contributed by atoms with Crippen LogP contribution in [0.15, 0.2) is 16.7 Å². The second kappa shape index (κ2) is 7.13. The van der Waals surface area contributed by atoms with E-state index >= 15 is 0 Å². The zero-order valence-electron chi connectivity index (χ0n) is 16.8. The molecular formula is C20H25N7O2. The molecular weight excluding hydrogens is 370 g/mol. The van der Waals surface area contributed by atoms with E-state index in [4.69, 9.17) is 9.62 Å². The summed E-state index contributed by atoms with van der Waals surface area (Å²) in [4.78, 5) is 14.5. The van der Waals surface area contributed by atoms with Gasteiger partial charge in [-0.05, 0) is 38.8 Å². The molecule has 0 radical (unpaired) electrons. The lowest BCUT2D eigenvalue weighted by molar-refractivity contribution is -0.120. The molecule has 152 valence electrons. The predicted molar refractivity (Wildman–Crippen MR) is 106 cm³/mol. The Bertz CT molecular complexity index is 1030. The number of amides is 1. The fourth-order valence-electron chi connectivity index (χ4n) is 4.01. The van der Waals surface area contributed by atoms with Gasteiger partial charge in [0.15, 0.2) is 11.5 Å². The van der Waals surface area contributed by atoms with Gasteiger partial charge in [-0.3, -0.25) is 4.79 Å². The van der Waals surface area contributed by atoms with Crippen molar-refractivity contribution in [2.24, 2.45) is 5.92 Å². The maximum Gasteiger partial charge on any atom is 0.224 e. The lowest BCUT2D eigenvalue weighted by Gasteiger charge is -2.40. The third-order valence-corrected chi connectivity index (χ3v) is 6.13. The average Bonchev–Trinajstić information content (AvgIpc) is 3.17. The number of fused-ring (bicyclic) bond motifs is 1. The van der Waals surface area contributed by atoms with Crippen molar-refractivity contribution in [3.8, 4) is 0 Å². The molecule has 2 fully saturated rings. The first kappa shape index (κ1) is 18.1. The molecule has 1 saturated heterocycles. The van der Waals surface area contributed by atoms with Crippen LogP contribution in [-0.2, 0) is 11.2 Å².